The second kappa shape index (κ2) is 6.85. The van der Waals surface area contributed by atoms with Crippen LogP contribution in [0.2, 0.25) is 0 Å². The van der Waals surface area contributed by atoms with Crippen molar-refractivity contribution in [2.24, 2.45) is 0 Å². The van der Waals surface area contributed by atoms with Crippen molar-refractivity contribution in [2.45, 2.75) is 63.1 Å². The molecule has 2 aromatic rings. The van der Waals surface area contributed by atoms with Gasteiger partial charge < -0.3 is 5.32 Å². The molecule has 0 atom stereocenters. The van der Waals surface area contributed by atoms with Crippen LogP contribution in [0, 0.1) is 0 Å². The molecule has 0 aliphatic heterocycles. The van der Waals surface area contributed by atoms with Crippen LogP contribution in [-0.4, -0.2) is 26.8 Å². The molecule has 2 heterocycles. The van der Waals surface area contributed by atoms with Crippen LogP contribution < -0.4 is 10.9 Å². The molecule has 0 bridgehead atoms. The summed E-state index contributed by atoms with van der Waals surface area (Å²) in [6, 6.07) is 8.86. The summed E-state index contributed by atoms with van der Waals surface area (Å²) in [5, 5.41) is 8.39. The maximum Gasteiger partial charge on any atom is 0.267 e. The van der Waals surface area contributed by atoms with Crippen molar-refractivity contribution in [3.8, 4) is 11.3 Å². The quantitative estimate of drug-likeness (QED) is 0.939. The first-order valence-electron chi connectivity index (χ1n) is 9.06. The Labute approximate surface area is 142 Å². The zero-order chi connectivity index (χ0) is 16.4. The first kappa shape index (κ1) is 15.5. The normalized spacial score (nSPS) is 24.5. The molecule has 2 aliphatic carbocycles. The molecule has 24 heavy (non-hydrogen) atoms. The standard InChI is InChI=1S/C19H24N4O/c24-19-11-10-18(14-3-2-12-20-13-14)22-23(19)17-8-6-16(7-9-17)21-15-4-1-5-15/h2-3,10-13,15-17,21H,1,4-9H2. The molecule has 2 fully saturated rings. The van der Waals surface area contributed by atoms with E-state index >= 15 is 0 Å². The molecule has 126 valence electrons. The van der Waals surface area contributed by atoms with E-state index in [2.05, 4.69) is 15.4 Å². The summed E-state index contributed by atoms with van der Waals surface area (Å²) >= 11 is 0. The lowest BCUT2D eigenvalue weighted by Crippen LogP contribution is -2.44. The van der Waals surface area contributed by atoms with E-state index < -0.39 is 0 Å². The second-order valence-corrected chi connectivity index (χ2v) is 7.04. The van der Waals surface area contributed by atoms with Crippen LogP contribution in [0.4, 0.5) is 0 Å². The molecule has 0 radical (unpaired) electrons. The average Bonchev–Trinajstić information content (AvgIpc) is 2.60. The first-order chi connectivity index (χ1) is 11.8. The fourth-order valence-corrected chi connectivity index (χ4v) is 3.75. The Morgan fingerprint density at radius 2 is 1.79 bits per heavy atom. The zero-order valence-electron chi connectivity index (χ0n) is 13.9. The van der Waals surface area contributed by atoms with Gasteiger partial charge >= 0.3 is 0 Å². The molecule has 4 rings (SSSR count). The summed E-state index contributed by atoms with van der Waals surface area (Å²) in [6.07, 6.45) is 11.9. The predicted octanol–water partition coefficient (Wildman–Crippen LogP) is 2.93. The molecule has 2 aromatic heterocycles. The highest BCUT2D eigenvalue weighted by Gasteiger charge is 2.27. The molecule has 2 aliphatic rings. The van der Waals surface area contributed by atoms with E-state index in [1.165, 1.54) is 19.3 Å². The number of hydrogen-bond acceptors (Lipinski definition) is 4. The highest BCUT2D eigenvalue weighted by molar-refractivity contribution is 5.56. The molecule has 0 unspecified atom stereocenters. The Morgan fingerprint density at radius 3 is 2.46 bits per heavy atom. The molecule has 5 nitrogen and oxygen atoms in total. The van der Waals surface area contributed by atoms with Gasteiger partial charge in [0, 0.05) is 36.1 Å². The summed E-state index contributed by atoms with van der Waals surface area (Å²) in [5.41, 5.74) is 1.77. The highest BCUT2D eigenvalue weighted by atomic mass is 16.1. The van der Waals surface area contributed by atoms with E-state index in [1.54, 1.807) is 29.2 Å². The molecule has 0 saturated heterocycles. The minimum Gasteiger partial charge on any atom is -0.311 e. The van der Waals surface area contributed by atoms with Crippen molar-refractivity contribution >= 4 is 0 Å². The maximum absolute atomic E-state index is 12.3. The fourth-order valence-electron chi connectivity index (χ4n) is 3.75. The third kappa shape index (κ3) is 3.26. The van der Waals surface area contributed by atoms with Crippen molar-refractivity contribution in [3.05, 3.63) is 47.0 Å². The van der Waals surface area contributed by atoms with Crippen molar-refractivity contribution in [1.82, 2.24) is 20.1 Å². The lowest BCUT2D eigenvalue weighted by molar-refractivity contribution is 0.226. The van der Waals surface area contributed by atoms with Crippen molar-refractivity contribution in [1.29, 1.82) is 0 Å². The topological polar surface area (TPSA) is 59.8 Å². The molecular formula is C19H24N4O. The van der Waals surface area contributed by atoms with Crippen LogP contribution in [0.3, 0.4) is 0 Å². The minimum atomic E-state index is -0.00181. The molecule has 1 N–H and O–H groups in total. The second-order valence-electron chi connectivity index (χ2n) is 7.04. The van der Waals surface area contributed by atoms with Crippen LogP contribution in [0.5, 0.6) is 0 Å². The van der Waals surface area contributed by atoms with Gasteiger partial charge in [0.05, 0.1) is 11.7 Å². The van der Waals surface area contributed by atoms with E-state index in [1.807, 2.05) is 12.1 Å². The summed E-state index contributed by atoms with van der Waals surface area (Å²) in [7, 11) is 0. The van der Waals surface area contributed by atoms with Crippen LogP contribution in [0.25, 0.3) is 11.3 Å². The number of rotatable bonds is 4. The maximum atomic E-state index is 12.3. The Balaban J connectivity index is 1.47. The van der Waals surface area contributed by atoms with E-state index in [0.29, 0.717) is 6.04 Å². The Kier molecular flexibility index (Phi) is 4.43. The van der Waals surface area contributed by atoms with E-state index in [-0.39, 0.29) is 11.6 Å². The molecule has 2 saturated carbocycles. The third-order valence-electron chi connectivity index (χ3n) is 5.40. The molecule has 5 heteroatoms. The largest absolute Gasteiger partial charge is 0.311 e. The molecular weight excluding hydrogens is 300 g/mol. The average molecular weight is 324 g/mol. The fraction of sp³-hybridized carbons (Fsp3) is 0.526. The van der Waals surface area contributed by atoms with Gasteiger partial charge in [-0.05, 0) is 56.7 Å². The van der Waals surface area contributed by atoms with Crippen molar-refractivity contribution in [3.63, 3.8) is 0 Å². The van der Waals surface area contributed by atoms with Gasteiger partial charge in [-0.15, -0.1) is 0 Å². The molecule has 0 amide bonds. The molecule has 0 aromatic carbocycles. The summed E-state index contributed by atoms with van der Waals surface area (Å²) in [4.78, 5) is 16.4. The monoisotopic (exact) mass is 324 g/mol. The first-order valence-corrected chi connectivity index (χ1v) is 9.06. The smallest absolute Gasteiger partial charge is 0.267 e. The number of pyridine rings is 1. The van der Waals surface area contributed by atoms with Crippen molar-refractivity contribution < 1.29 is 0 Å². The van der Waals surface area contributed by atoms with Gasteiger partial charge in [0.15, 0.2) is 0 Å². The summed E-state index contributed by atoms with van der Waals surface area (Å²) in [5.74, 6) is 0. The van der Waals surface area contributed by atoms with E-state index in [0.717, 1.165) is 43.0 Å². The minimum absolute atomic E-state index is 0.00181. The number of aromatic nitrogens is 3. The summed E-state index contributed by atoms with van der Waals surface area (Å²) < 4.78 is 1.70. The van der Waals surface area contributed by atoms with Gasteiger partial charge in [-0.2, -0.15) is 5.10 Å². The SMILES string of the molecule is O=c1ccc(-c2cccnc2)nn1C1CCC(NC2CCC2)CC1. The van der Waals surface area contributed by atoms with Gasteiger partial charge in [0.1, 0.15) is 0 Å². The molecule has 0 spiro atoms. The van der Waals surface area contributed by atoms with E-state index in [9.17, 15) is 4.79 Å². The summed E-state index contributed by atoms with van der Waals surface area (Å²) in [6.45, 7) is 0. The zero-order valence-corrected chi connectivity index (χ0v) is 13.9. The van der Waals surface area contributed by atoms with Crippen LogP contribution in [0.15, 0.2) is 41.5 Å². The van der Waals surface area contributed by atoms with Gasteiger partial charge in [0.25, 0.3) is 5.56 Å². The highest BCUT2D eigenvalue weighted by Crippen LogP contribution is 2.29. The Hall–Kier alpha value is -2.01. The van der Waals surface area contributed by atoms with Crippen LogP contribution in [0.1, 0.15) is 51.0 Å². The lowest BCUT2D eigenvalue weighted by atomic mass is 9.87. The van der Waals surface area contributed by atoms with Gasteiger partial charge in [0.2, 0.25) is 0 Å². The Morgan fingerprint density at radius 1 is 1.00 bits per heavy atom. The van der Waals surface area contributed by atoms with Gasteiger partial charge in [-0.1, -0.05) is 6.42 Å². The lowest BCUT2D eigenvalue weighted by Gasteiger charge is -2.35. The van der Waals surface area contributed by atoms with Crippen molar-refractivity contribution in [2.75, 3.05) is 0 Å². The van der Waals surface area contributed by atoms with Gasteiger partial charge in [-0.25, -0.2) is 4.68 Å². The predicted molar refractivity (Wildman–Crippen MR) is 93.8 cm³/mol. The van der Waals surface area contributed by atoms with E-state index in [4.69, 9.17) is 0 Å². The van der Waals surface area contributed by atoms with Crippen LogP contribution >= 0.6 is 0 Å². The number of nitrogens with zero attached hydrogens (tertiary/aromatic N) is 3. The number of hydrogen-bond donors (Lipinski definition) is 1. The third-order valence-corrected chi connectivity index (χ3v) is 5.40. The number of nitrogens with one attached hydrogen (secondary N) is 1. The Bertz CT molecular complexity index is 731. The van der Waals surface area contributed by atoms with Gasteiger partial charge in [-0.3, -0.25) is 9.78 Å². The van der Waals surface area contributed by atoms with Crippen LogP contribution in [-0.2, 0) is 0 Å².